The number of aryl methyl sites for hydroxylation is 1. The van der Waals surface area contributed by atoms with E-state index in [-0.39, 0.29) is 36.4 Å². The van der Waals surface area contributed by atoms with E-state index in [1.165, 1.54) is 22.1 Å². The van der Waals surface area contributed by atoms with Crippen LogP contribution in [0.15, 0.2) is 17.2 Å². The molecule has 2 rings (SSSR count). The summed E-state index contributed by atoms with van der Waals surface area (Å²) in [4.78, 5) is 10.9. The molecular formula is C12H18N2O6S. The number of carbonyl (C=O) groups is 1. The first kappa shape index (κ1) is 16.0. The lowest BCUT2D eigenvalue weighted by atomic mass is 10.2. The minimum atomic E-state index is -3.83. The minimum Gasteiger partial charge on any atom is -0.477 e. The molecule has 0 aromatic carbocycles. The number of nitrogens with zero attached hydrogens (tertiary/aromatic N) is 2. The van der Waals surface area contributed by atoms with E-state index in [1.54, 1.807) is 6.92 Å². The monoisotopic (exact) mass is 318 g/mol. The molecule has 0 amide bonds. The van der Waals surface area contributed by atoms with Crippen molar-refractivity contribution in [1.29, 1.82) is 0 Å². The Hall–Kier alpha value is -1.42. The van der Waals surface area contributed by atoms with Crippen LogP contribution < -0.4 is 0 Å². The molecule has 1 aliphatic rings. The van der Waals surface area contributed by atoms with Crippen molar-refractivity contribution in [2.24, 2.45) is 7.05 Å². The van der Waals surface area contributed by atoms with Crippen LogP contribution in [0.25, 0.3) is 0 Å². The van der Waals surface area contributed by atoms with Crippen molar-refractivity contribution in [2.75, 3.05) is 19.8 Å². The molecule has 9 heteroatoms. The van der Waals surface area contributed by atoms with E-state index < -0.39 is 22.1 Å². The van der Waals surface area contributed by atoms with Crippen LogP contribution in [0.4, 0.5) is 0 Å². The molecule has 1 aromatic heterocycles. The number of hydrogen-bond donors (Lipinski definition) is 2. The maximum Gasteiger partial charge on any atom is 0.352 e. The molecule has 8 nitrogen and oxygen atoms in total. The van der Waals surface area contributed by atoms with Gasteiger partial charge in [0.15, 0.2) is 0 Å². The summed E-state index contributed by atoms with van der Waals surface area (Å²) in [5, 5.41) is 18.1. The Morgan fingerprint density at radius 1 is 1.52 bits per heavy atom. The zero-order valence-electron chi connectivity index (χ0n) is 11.8. The third kappa shape index (κ3) is 2.95. The summed E-state index contributed by atoms with van der Waals surface area (Å²) in [7, 11) is -2.36. The SMILES string of the molecule is CC1COC(CO)CN1S(=O)(=O)c1cc(C(=O)O)n(C)c1. The van der Waals surface area contributed by atoms with E-state index >= 15 is 0 Å². The lowest BCUT2D eigenvalue weighted by Gasteiger charge is -2.36. The summed E-state index contributed by atoms with van der Waals surface area (Å²) >= 11 is 0. The van der Waals surface area contributed by atoms with Gasteiger partial charge in [0.2, 0.25) is 10.0 Å². The van der Waals surface area contributed by atoms with Crippen molar-refractivity contribution in [3.05, 3.63) is 18.0 Å². The Bertz CT molecular complexity index is 638. The smallest absolute Gasteiger partial charge is 0.352 e. The van der Waals surface area contributed by atoms with Gasteiger partial charge in [-0.3, -0.25) is 0 Å². The van der Waals surface area contributed by atoms with Gasteiger partial charge in [-0.25, -0.2) is 13.2 Å². The second-order valence-corrected chi connectivity index (χ2v) is 6.93. The van der Waals surface area contributed by atoms with Crippen LogP contribution in [0.2, 0.25) is 0 Å². The number of morpholine rings is 1. The third-order valence-corrected chi connectivity index (χ3v) is 5.40. The summed E-state index contributed by atoms with van der Waals surface area (Å²) in [6.45, 7) is 1.65. The average molecular weight is 318 g/mol. The zero-order chi connectivity index (χ0) is 15.8. The molecule has 1 aromatic rings. The van der Waals surface area contributed by atoms with E-state index in [0.717, 1.165) is 6.07 Å². The van der Waals surface area contributed by atoms with E-state index in [1.807, 2.05) is 0 Å². The molecule has 0 aliphatic carbocycles. The lowest BCUT2D eigenvalue weighted by Crippen LogP contribution is -2.51. The highest BCUT2D eigenvalue weighted by Crippen LogP contribution is 2.24. The van der Waals surface area contributed by atoms with Crippen LogP contribution in [0.5, 0.6) is 0 Å². The summed E-state index contributed by atoms with van der Waals surface area (Å²) in [5.41, 5.74) is -0.104. The largest absolute Gasteiger partial charge is 0.477 e. The van der Waals surface area contributed by atoms with E-state index in [0.29, 0.717) is 0 Å². The highest BCUT2D eigenvalue weighted by atomic mass is 32.2. The fourth-order valence-electron chi connectivity index (χ4n) is 2.26. The van der Waals surface area contributed by atoms with Gasteiger partial charge >= 0.3 is 5.97 Å². The van der Waals surface area contributed by atoms with E-state index in [9.17, 15) is 13.2 Å². The van der Waals surface area contributed by atoms with E-state index in [2.05, 4.69) is 0 Å². The molecule has 0 saturated carbocycles. The first-order valence-electron chi connectivity index (χ1n) is 6.41. The molecule has 0 bridgehead atoms. The fourth-order valence-corrected chi connectivity index (χ4v) is 3.98. The Kier molecular flexibility index (Phi) is 4.38. The van der Waals surface area contributed by atoms with Crippen molar-refractivity contribution in [3.8, 4) is 0 Å². The molecule has 2 N–H and O–H groups in total. The summed E-state index contributed by atoms with van der Waals surface area (Å²) < 4.78 is 33.1. The van der Waals surface area contributed by atoms with Crippen molar-refractivity contribution in [1.82, 2.24) is 8.87 Å². The molecule has 21 heavy (non-hydrogen) atoms. The molecule has 2 heterocycles. The van der Waals surface area contributed by atoms with Crippen LogP contribution in [0.1, 0.15) is 17.4 Å². The molecule has 1 fully saturated rings. The van der Waals surface area contributed by atoms with Crippen LogP contribution >= 0.6 is 0 Å². The Labute approximate surface area is 122 Å². The van der Waals surface area contributed by atoms with Crippen LogP contribution in [0.3, 0.4) is 0 Å². The molecular weight excluding hydrogens is 300 g/mol. The standard InChI is InChI=1S/C12H18N2O6S/c1-8-7-20-9(6-15)4-14(8)21(18,19)10-3-11(12(16)17)13(2)5-10/h3,5,8-9,15H,4,6-7H2,1-2H3,(H,16,17). The quantitative estimate of drug-likeness (QED) is 0.774. The van der Waals surface area contributed by atoms with Crippen molar-refractivity contribution in [3.63, 3.8) is 0 Å². The highest BCUT2D eigenvalue weighted by Gasteiger charge is 2.36. The van der Waals surface area contributed by atoms with Crippen molar-refractivity contribution in [2.45, 2.75) is 24.0 Å². The second-order valence-electron chi connectivity index (χ2n) is 5.04. The molecule has 0 radical (unpaired) electrons. The Balaban J connectivity index is 2.36. The topological polar surface area (TPSA) is 109 Å². The molecule has 2 atom stereocenters. The molecule has 0 spiro atoms. The Morgan fingerprint density at radius 2 is 2.19 bits per heavy atom. The number of carboxylic acids is 1. The van der Waals surface area contributed by atoms with Gasteiger partial charge in [0.05, 0.1) is 19.3 Å². The molecule has 1 aliphatic heterocycles. The van der Waals surface area contributed by atoms with Gasteiger partial charge in [0.25, 0.3) is 0 Å². The first-order valence-corrected chi connectivity index (χ1v) is 7.85. The number of carboxylic acid groups (broad SMARTS) is 1. The van der Waals surface area contributed by atoms with Gasteiger partial charge in [0, 0.05) is 25.8 Å². The van der Waals surface area contributed by atoms with Crippen LogP contribution in [-0.4, -0.2) is 65.4 Å². The highest BCUT2D eigenvalue weighted by molar-refractivity contribution is 7.89. The Morgan fingerprint density at radius 3 is 2.71 bits per heavy atom. The van der Waals surface area contributed by atoms with Gasteiger partial charge in [-0.15, -0.1) is 0 Å². The normalized spacial score (nSPS) is 24.1. The minimum absolute atomic E-state index is 0.0390. The molecule has 1 saturated heterocycles. The summed E-state index contributed by atoms with van der Waals surface area (Å²) in [6, 6.07) is 0.750. The van der Waals surface area contributed by atoms with E-state index in [4.69, 9.17) is 14.9 Å². The van der Waals surface area contributed by atoms with Gasteiger partial charge in [-0.05, 0) is 13.0 Å². The first-order chi connectivity index (χ1) is 9.77. The maximum absolute atomic E-state index is 12.6. The third-order valence-electron chi connectivity index (χ3n) is 3.46. The van der Waals surface area contributed by atoms with Gasteiger partial charge in [0.1, 0.15) is 10.6 Å². The summed E-state index contributed by atoms with van der Waals surface area (Å²) in [5.74, 6) is -1.19. The molecule has 118 valence electrons. The lowest BCUT2D eigenvalue weighted by molar-refractivity contribution is -0.0516. The van der Waals surface area contributed by atoms with Crippen molar-refractivity contribution >= 4 is 16.0 Å². The number of sulfonamides is 1. The zero-order valence-corrected chi connectivity index (χ0v) is 12.6. The number of aliphatic hydroxyl groups excluding tert-OH is 1. The number of hydrogen-bond acceptors (Lipinski definition) is 5. The average Bonchev–Trinajstić information content (AvgIpc) is 2.82. The number of aliphatic hydroxyl groups is 1. The van der Waals surface area contributed by atoms with Gasteiger partial charge in [-0.2, -0.15) is 4.31 Å². The number of aromatic nitrogens is 1. The van der Waals surface area contributed by atoms with Crippen LogP contribution in [-0.2, 0) is 21.8 Å². The maximum atomic E-state index is 12.6. The van der Waals surface area contributed by atoms with Gasteiger partial charge in [-0.1, -0.05) is 0 Å². The van der Waals surface area contributed by atoms with Gasteiger partial charge < -0.3 is 19.5 Å². The molecule has 2 unspecified atom stereocenters. The predicted octanol–water partition coefficient (Wildman–Crippen LogP) is -0.506. The predicted molar refractivity (Wildman–Crippen MR) is 72.6 cm³/mol. The second kappa shape index (κ2) is 5.76. The number of ether oxygens (including phenoxy) is 1. The van der Waals surface area contributed by atoms with Crippen LogP contribution in [0, 0.1) is 0 Å². The number of rotatable bonds is 4. The number of aromatic carboxylic acids is 1. The van der Waals surface area contributed by atoms with Crippen molar-refractivity contribution < 1.29 is 28.2 Å². The fraction of sp³-hybridized carbons (Fsp3) is 0.583. The summed E-state index contributed by atoms with van der Waals surface area (Å²) in [6.07, 6.45) is 0.702.